The molecule has 2 aromatic rings. The number of hydrogen-bond donors (Lipinski definition) is 0. The predicted octanol–water partition coefficient (Wildman–Crippen LogP) is 2.98. The van der Waals surface area contributed by atoms with Gasteiger partial charge in [0.15, 0.2) is 5.76 Å². The van der Waals surface area contributed by atoms with E-state index in [1.165, 1.54) is 6.26 Å². The van der Waals surface area contributed by atoms with E-state index in [4.69, 9.17) is 4.42 Å². The number of carbonyl (C=O) groups excluding carboxylic acids is 1. The summed E-state index contributed by atoms with van der Waals surface area (Å²) in [5, 5.41) is 0. The third-order valence-electron chi connectivity index (χ3n) is 2.11. The molecule has 0 aliphatic heterocycles. The maximum Gasteiger partial charge on any atom is 0.231 e. The summed E-state index contributed by atoms with van der Waals surface area (Å²) in [7, 11) is 0. The van der Waals surface area contributed by atoms with Crippen molar-refractivity contribution in [1.82, 2.24) is 4.98 Å². The largest absolute Gasteiger partial charge is 0.460 e. The van der Waals surface area contributed by atoms with Crippen LogP contribution in [0.2, 0.25) is 0 Å². The van der Waals surface area contributed by atoms with Gasteiger partial charge in [-0.3, -0.25) is 9.78 Å². The lowest BCUT2D eigenvalue weighted by molar-refractivity contribution is 0.101. The SMILES string of the molecule is Cc1ccncc1C(=O)c1occc1Br. The Morgan fingerprint density at radius 3 is 2.87 bits per heavy atom. The first-order valence-corrected chi connectivity index (χ1v) is 5.18. The third-order valence-corrected chi connectivity index (χ3v) is 2.73. The Labute approximate surface area is 95.3 Å². The molecule has 3 nitrogen and oxygen atoms in total. The highest BCUT2D eigenvalue weighted by Crippen LogP contribution is 2.21. The van der Waals surface area contributed by atoms with Crippen LogP contribution in [0, 0.1) is 6.92 Å². The van der Waals surface area contributed by atoms with Gasteiger partial charge in [0.1, 0.15) is 0 Å². The van der Waals surface area contributed by atoms with Gasteiger partial charge in [-0.25, -0.2) is 0 Å². The number of aryl methyl sites for hydroxylation is 1. The zero-order chi connectivity index (χ0) is 10.8. The minimum atomic E-state index is -0.155. The summed E-state index contributed by atoms with van der Waals surface area (Å²) in [4.78, 5) is 15.9. The van der Waals surface area contributed by atoms with Crippen molar-refractivity contribution >= 4 is 21.7 Å². The second-order valence-corrected chi connectivity index (χ2v) is 3.97. The average molecular weight is 266 g/mol. The van der Waals surface area contributed by atoms with Gasteiger partial charge in [0.25, 0.3) is 0 Å². The number of rotatable bonds is 2. The Morgan fingerprint density at radius 1 is 1.47 bits per heavy atom. The molecule has 0 N–H and O–H groups in total. The van der Waals surface area contributed by atoms with Crippen LogP contribution in [0.5, 0.6) is 0 Å². The molecule has 0 saturated carbocycles. The summed E-state index contributed by atoms with van der Waals surface area (Å²) >= 11 is 3.25. The monoisotopic (exact) mass is 265 g/mol. The Morgan fingerprint density at radius 2 is 2.27 bits per heavy atom. The van der Waals surface area contributed by atoms with Crippen molar-refractivity contribution in [2.24, 2.45) is 0 Å². The van der Waals surface area contributed by atoms with E-state index in [0.29, 0.717) is 15.8 Å². The average Bonchev–Trinajstić information content (AvgIpc) is 2.64. The lowest BCUT2D eigenvalue weighted by atomic mass is 10.1. The highest BCUT2D eigenvalue weighted by Gasteiger charge is 2.17. The van der Waals surface area contributed by atoms with E-state index in [2.05, 4.69) is 20.9 Å². The Balaban J connectivity index is 2.46. The number of nitrogens with zero attached hydrogens (tertiary/aromatic N) is 1. The summed E-state index contributed by atoms with van der Waals surface area (Å²) in [6.45, 7) is 1.87. The molecule has 0 bridgehead atoms. The van der Waals surface area contributed by atoms with Crippen molar-refractivity contribution in [3.05, 3.63) is 52.1 Å². The summed E-state index contributed by atoms with van der Waals surface area (Å²) in [6, 6.07) is 3.49. The first-order valence-electron chi connectivity index (χ1n) is 4.38. The van der Waals surface area contributed by atoms with Gasteiger partial charge in [0.2, 0.25) is 5.78 Å². The zero-order valence-corrected chi connectivity index (χ0v) is 9.61. The molecular formula is C11H8BrNO2. The fourth-order valence-electron chi connectivity index (χ4n) is 1.28. The van der Waals surface area contributed by atoms with Crippen LogP contribution in [0.1, 0.15) is 21.7 Å². The molecular weight excluding hydrogens is 258 g/mol. The van der Waals surface area contributed by atoms with Crippen LogP contribution < -0.4 is 0 Å². The van der Waals surface area contributed by atoms with Gasteiger partial charge in [0, 0.05) is 18.0 Å². The number of halogens is 1. The van der Waals surface area contributed by atoms with E-state index in [-0.39, 0.29) is 5.78 Å². The van der Waals surface area contributed by atoms with Crippen LogP contribution in [0.4, 0.5) is 0 Å². The molecule has 0 aromatic carbocycles. The molecule has 0 aliphatic carbocycles. The number of ketones is 1. The van der Waals surface area contributed by atoms with Crippen molar-refractivity contribution < 1.29 is 9.21 Å². The van der Waals surface area contributed by atoms with Crippen LogP contribution in [0.15, 0.2) is 39.7 Å². The van der Waals surface area contributed by atoms with E-state index >= 15 is 0 Å². The van der Waals surface area contributed by atoms with E-state index in [1.807, 2.05) is 6.92 Å². The van der Waals surface area contributed by atoms with E-state index in [1.54, 1.807) is 24.5 Å². The van der Waals surface area contributed by atoms with Crippen LogP contribution in [0.3, 0.4) is 0 Å². The van der Waals surface area contributed by atoms with Crippen molar-refractivity contribution in [2.75, 3.05) is 0 Å². The molecule has 15 heavy (non-hydrogen) atoms. The first-order chi connectivity index (χ1) is 7.20. The minimum Gasteiger partial charge on any atom is -0.460 e. The lowest BCUT2D eigenvalue weighted by Crippen LogP contribution is -2.03. The molecule has 0 spiro atoms. The van der Waals surface area contributed by atoms with Crippen LogP contribution >= 0.6 is 15.9 Å². The van der Waals surface area contributed by atoms with Crippen molar-refractivity contribution in [3.63, 3.8) is 0 Å². The zero-order valence-electron chi connectivity index (χ0n) is 8.03. The van der Waals surface area contributed by atoms with Gasteiger partial charge in [-0.15, -0.1) is 0 Å². The molecule has 0 amide bonds. The molecule has 0 fully saturated rings. The Bertz CT molecular complexity index is 505. The molecule has 2 rings (SSSR count). The number of carbonyl (C=O) groups is 1. The maximum absolute atomic E-state index is 12.0. The Hall–Kier alpha value is -1.42. The molecule has 4 heteroatoms. The van der Waals surface area contributed by atoms with Gasteiger partial charge in [-0.1, -0.05) is 0 Å². The van der Waals surface area contributed by atoms with Crippen LogP contribution in [0.25, 0.3) is 0 Å². The molecule has 0 saturated heterocycles. The molecule has 2 aromatic heterocycles. The van der Waals surface area contributed by atoms with Gasteiger partial charge < -0.3 is 4.42 Å². The number of pyridine rings is 1. The summed E-state index contributed by atoms with van der Waals surface area (Å²) in [6.07, 6.45) is 4.68. The second kappa shape index (κ2) is 3.98. The topological polar surface area (TPSA) is 43.1 Å². The predicted molar refractivity (Wildman–Crippen MR) is 58.8 cm³/mol. The highest BCUT2D eigenvalue weighted by atomic mass is 79.9. The van der Waals surface area contributed by atoms with E-state index < -0.39 is 0 Å². The summed E-state index contributed by atoms with van der Waals surface area (Å²) in [5.74, 6) is 0.156. The fraction of sp³-hybridized carbons (Fsp3) is 0.0909. The van der Waals surface area contributed by atoms with Crippen molar-refractivity contribution in [3.8, 4) is 0 Å². The highest BCUT2D eigenvalue weighted by molar-refractivity contribution is 9.10. The standard InChI is InChI=1S/C11H8BrNO2/c1-7-2-4-13-6-8(7)10(14)11-9(12)3-5-15-11/h2-6H,1H3. The summed E-state index contributed by atoms with van der Waals surface area (Å²) < 4.78 is 5.77. The normalized spacial score (nSPS) is 10.3. The Kier molecular flexibility index (Phi) is 2.68. The van der Waals surface area contributed by atoms with Gasteiger partial charge in [0.05, 0.1) is 10.7 Å². The van der Waals surface area contributed by atoms with Gasteiger partial charge >= 0.3 is 0 Å². The number of aromatic nitrogens is 1. The quantitative estimate of drug-likeness (QED) is 0.785. The number of furan rings is 1. The third kappa shape index (κ3) is 1.85. The molecule has 0 aliphatic rings. The molecule has 0 radical (unpaired) electrons. The maximum atomic E-state index is 12.0. The van der Waals surface area contributed by atoms with Gasteiger partial charge in [-0.05, 0) is 40.5 Å². The lowest BCUT2D eigenvalue weighted by Gasteiger charge is -2.01. The van der Waals surface area contributed by atoms with Crippen LogP contribution in [-0.4, -0.2) is 10.8 Å². The number of hydrogen-bond acceptors (Lipinski definition) is 3. The van der Waals surface area contributed by atoms with E-state index in [0.717, 1.165) is 5.56 Å². The molecule has 76 valence electrons. The summed E-state index contributed by atoms with van der Waals surface area (Å²) in [5.41, 5.74) is 1.45. The fourth-order valence-corrected chi connectivity index (χ4v) is 1.66. The first kappa shape index (κ1) is 10.1. The van der Waals surface area contributed by atoms with Crippen molar-refractivity contribution in [2.45, 2.75) is 6.92 Å². The van der Waals surface area contributed by atoms with E-state index in [9.17, 15) is 4.79 Å². The van der Waals surface area contributed by atoms with Gasteiger partial charge in [-0.2, -0.15) is 0 Å². The van der Waals surface area contributed by atoms with Crippen LogP contribution in [-0.2, 0) is 0 Å². The van der Waals surface area contributed by atoms with Crippen molar-refractivity contribution in [1.29, 1.82) is 0 Å². The smallest absolute Gasteiger partial charge is 0.231 e. The molecule has 0 atom stereocenters. The minimum absolute atomic E-state index is 0.155. The molecule has 0 unspecified atom stereocenters. The second-order valence-electron chi connectivity index (χ2n) is 3.12. The molecule has 2 heterocycles.